The van der Waals surface area contributed by atoms with Crippen LogP contribution in [0.4, 0.5) is 0 Å². The third-order valence-electron chi connectivity index (χ3n) is 4.73. The molecule has 0 unspecified atom stereocenters. The normalized spacial score (nSPS) is 11.8. The Morgan fingerprint density at radius 3 is 1.66 bits per heavy atom. The van der Waals surface area contributed by atoms with Crippen molar-refractivity contribution in [1.82, 2.24) is 0 Å². The minimum absolute atomic E-state index is 0.354. The number of hydrogen-bond donors (Lipinski definition) is 0. The molecule has 0 aliphatic rings. The second-order valence-corrected chi connectivity index (χ2v) is 7.53. The van der Waals surface area contributed by atoms with E-state index < -0.39 is 34.9 Å². The highest BCUT2D eigenvalue weighted by Gasteiger charge is 2.39. The van der Waals surface area contributed by atoms with Gasteiger partial charge in [0, 0.05) is 20.5 Å². The highest BCUT2D eigenvalue weighted by molar-refractivity contribution is 9.10. The van der Waals surface area contributed by atoms with Crippen LogP contribution in [-0.2, 0) is 0 Å². The van der Waals surface area contributed by atoms with Gasteiger partial charge < -0.3 is 0 Å². The number of nitro groups is 1. The summed E-state index contributed by atoms with van der Waals surface area (Å²) in [6.07, 6.45) is 0. The topological polar surface area (TPSA) is 77.3 Å². The Hall–Kier alpha value is -3.12. The predicted molar refractivity (Wildman–Crippen MR) is 114 cm³/mol. The van der Waals surface area contributed by atoms with E-state index in [-0.39, 0.29) is 0 Å². The first-order chi connectivity index (χ1) is 14.0. The molecule has 0 aromatic heterocycles. The van der Waals surface area contributed by atoms with Crippen LogP contribution < -0.4 is 0 Å². The van der Waals surface area contributed by atoms with Crippen molar-refractivity contribution < 1.29 is 14.5 Å². The first kappa shape index (κ1) is 20.6. The van der Waals surface area contributed by atoms with Gasteiger partial charge in [-0.2, -0.15) is 0 Å². The van der Waals surface area contributed by atoms with Gasteiger partial charge in [0.15, 0.2) is 11.6 Å². The van der Waals surface area contributed by atoms with Gasteiger partial charge >= 0.3 is 0 Å². The molecule has 3 aromatic rings. The minimum atomic E-state index is -1.20. The zero-order valence-electron chi connectivity index (χ0n) is 15.4. The molecule has 0 saturated carbocycles. The molecule has 1 atom stereocenters. The number of halogens is 1. The average Bonchev–Trinajstić information content (AvgIpc) is 2.74. The molecule has 0 aliphatic carbocycles. The van der Waals surface area contributed by atoms with Crippen molar-refractivity contribution in [1.29, 1.82) is 0 Å². The van der Waals surface area contributed by atoms with Crippen molar-refractivity contribution in [3.05, 3.63) is 116 Å². The Bertz CT molecular complexity index is 953. The zero-order valence-corrected chi connectivity index (χ0v) is 17.0. The molecule has 29 heavy (non-hydrogen) atoms. The lowest BCUT2D eigenvalue weighted by molar-refractivity contribution is -0.484. The maximum Gasteiger partial charge on any atom is 0.211 e. The summed E-state index contributed by atoms with van der Waals surface area (Å²) < 4.78 is 0.807. The SMILES string of the molecule is O=C(c1ccccc1)C(C(=O)c1ccccc1)[C@@H](C[N+](=O)[O-])c1ccc(Br)cc1. The van der Waals surface area contributed by atoms with Crippen molar-refractivity contribution in [2.45, 2.75) is 5.92 Å². The minimum Gasteiger partial charge on any atom is -0.293 e. The monoisotopic (exact) mass is 451 g/mol. The Morgan fingerprint density at radius 1 is 0.793 bits per heavy atom. The van der Waals surface area contributed by atoms with Gasteiger partial charge in [0.1, 0.15) is 0 Å². The molecule has 0 heterocycles. The van der Waals surface area contributed by atoms with Crippen molar-refractivity contribution in [2.24, 2.45) is 5.92 Å². The van der Waals surface area contributed by atoms with Crippen LogP contribution in [0.25, 0.3) is 0 Å². The predicted octanol–water partition coefficient (Wildman–Crippen LogP) is 5.19. The number of hydrogen-bond acceptors (Lipinski definition) is 4. The molecule has 146 valence electrons. The van der Waals surface area contributed by atoms with Crippen LogP contribution in [0.3, 0.4) is 0 Å². The van der Waals surface area contributed by atoms with Gasteiger partial charge in [-0.1, -0.05) is 88.7 Å². The largest absolute Gasteiger partial charge is 0.293 e. The van der Waals surface area contributed by atoms with Crippen molar-refractivity contribution in [3.8, 4) is 0 Å². The molecule has 0 amide bonds. The number of carbonyl (C=O) groups is 2. The van der Waals surface area contributed by atoms with E-state index in [1.54, 1.807) is 84.9 Å². The highest BCUT2D eigenvalue weighted by atomic mass is 79.9. The van der Waals surface area contributed by atoms with Crippen molar-refractivity contribution >= 4 is 27.5 Å². The van der Waals surface area contributed by atoms with E-state index in [0.29, 0.717) is 16.7 Å². The van der Waals surface area contributed by atoms with Crippen molar-refractivity contribution in [2.75, 3.05) is 6.54 Å². The molecule has 6 heteroatoms. The lowest BCUT2D eigenvalue weighted by Gasteiger charge is -2.23. The Kier molecular flexibility index (Phi) is 6.67. The van der Waals surface area contributed by atoms with Crippen LogP contribution in [-0.4, -0.2) is 23.0 Å². The summed E-state index contributed by atoms with van der Waals surface area (Å²) in [5.41, 5.74) is 1.28. The fourth-order valence-electron chi connectivity index (χ4n) is 3.32. The Morgan fingerprint density at radius 2 is 1.24 bits per heavy atom. The Labute approximate surface area is 176 Å². The molecule has 0 spiro atoms. The number of nitrogens with zero attached hydrogens (tertiary/aromatic N) is 1. The van der Waals surface area contributed by atoms with E-state index in [1.165, 1.54) is 0 Å². The molecule has 3 aromatic carbocycles. The smallest absolute Gasteiger partial charge is 0.211 e. The molecule has 3 rings (SSSR count). The van der Waals surface area contributed by atoms with Crippen LogP contribution in [0.5, 0.6) is 0 Å². The maximum atomic E-state index is 13.4. The molecule has 0 fully saturated rings. The lowest BCUT2D eigenvalue weighted by atomic mass is 9.77. The summed E-state index contributed by atoms with van der Waals surface area (Å²) in [5, 5.41) is 11.4. The molecule has 0 saturated heterocycles. The van der Waals surface area contributed by atoms with E-state index in [0.717, 1.165) is 4.47 Å². The summed E-state index contributed by atoms with van der Waals surface area (Å²) in [6.45, 7) is -0.524. The number of ketones is 2. The Balaban J connectivity index is 2.12. The van der Waals surface area contributed by atoms with Gasteiger partial charge in [0.05, 0.1) is 11.8 Å². The van der Waals surface area contributed by atoms with Crippen molar-refractivity contribution in [3.63, 3.8) is 0 Å². The zero-order chi connectivity index (χ0) is 20.8. The number of Topliss-reactive ketones (excluding diaryl/α,β-unsaturated/α-hetero) is 2. The van der Waals surface area contributed by atoms with Gasteiger partial charge in [-0.25, -0.2) is 0 Å². The van der Waals surface area contributed by atoms with Gasteiger partial charge in [0.25, 0.3) is 0 Å². The van der Waals surface area contributed by atoms with Gasteiger partial charge in [-0.05, 0) is 17.7 Å². The van der Waals surface area contributed by atoms with E-state index in [4.69, 9.17) is 0 Å². The number of benzene rings is 3. The van der Waals surface area contributed by atoms with Gasteiger partial charge in [-0.3, -0.25) is 19.7 Å². The van der Waals surface area contributed by atoms with E-state index in [2.05, 4.69) is 15.9 Å². The fourth-order valence-corrected chi connectivity index (χ4v) is 3.59. The quantitative estimate of drug-likeness (QED) is 0.204. The number of carbonyl (C=O) groups excluding carboxylic acids is 2. The standard InChI is InChI=1S/C23H18BrNO4/c24-19-13-11-16(12-14-19)20(15-25(28)29)21(22(26)17-7-3-1-4-8-17)23(27)18-9-5-2-6-10-18/h1-14,20-21H,15H2/t20-/m0/s1. The third kappa shape index (κ3) is 5.03. The second-order valence-electron chi connectivity index (χ2n) is 6.61. The molecule has 0 N–H and O–H groups in total. The average molecular weight is 452 g/mol. The van der Waals surface area contributed by atoms with Crippen LogP contribution >= 0.6 is 15.9 Å². The first-order valence-electron chi connectivity index (χ1n) is 9.03. The van der Waals surface area contributed by atoms with E-state index >= 15 is 0 Å². The maximum absolute atomic E-state index is 13.4. The highest BCUT2D eigenvalue weighted by Crippen LogP contribution is 2.32. The van der Waals surface area contributed by atoms with Crippen LogP contribution in [0.15, 0.2) is 89.4 Å². The van der Waals surface area contributed by atoms with Gasteiger partial charge in [0.2, 0.25) is 6.54 Å². The van der Waals surface area contributed by atoms with Gasteiger partial charge in [-0.15, -0.1) is 0 Å². The summed E-state index contributed by atoms with van der Waals surface area (Å²) in [4.78, 5) is 37.7. The first-order valence-corrected chi connectivity index (χ1v) is 9.82. The molecular formula is C23H18BrNO4. The molecular weight excluding hydrogens is 434 g/mol. The summed E-state index contributed by atoms with van der Waals surface area (Å²) >= 11 is 3.35. The summed E-state index contributed by atoms with van der Waals surface area (Å²) in [5.74, 6) is -2.94. The molecule has 5 nitrogen and oxygen atoms in total. The number of rotatable bonds is 8. The second kappa shape index (κ2) is 9.39. The fraction of sp³-hybridized carbons (Fsp3) is 0.130. The summed E-state index contributed by atoms with van der Waals surface area (Å²) in [7, 11) is 0. The van der Waals surface area contributed by atoms with Crippen LogP contribution in [0.2, 0.25) is 0 Å². The van der Waals surface area contributed by atoms with E-state index in [9.17, 15) is 19.7 Å². The lowest BCUT2D eigenvalue weighted by Crippen LogP contribution is -2.34. The third-order valence-corrected chi connectivity index (χ3v) is 5.26. The van der Waals surface area contributed by atoms with Crippen LogP contribution in [0.1, 0.15) is 32.2 Å². The molecule has 0 radical (unpaired) electrons. The molecule has 0 aliphatic heterocycles. The van der Waals surface area contributed by atoms with Crippen LogP contribution in [0, 0.1) is 16.0 Å². The van der Waals surface area contributed by atoms with E-state index in [1.807, 2.05) is 0 Å². The molecule has 0 bridgehead atoms. The summed E-state index contributed by atoms with van der Waals surface area (Å²) in [6, 6.07) is 23.8.